The Kier molecular flexibility index (Phi) is 7.72. The molecule has 7 nitrogen and oxygen atoms in total. The summed E-state index contributed by atoms with van der Waals surface area (Å²) in [5, 5.41) is 3.22. The third kappa shape index (κ3) is 6.29. The van der Waals surface area contributed by atoms with Crippen LogP contribution in [0.1, 0.15) is 24.8 Å². The first kappa shape index (κ1) is 22.3. The molecule has 1 fully saturated rings. The van der Waals surface area contributed by atoms with E-state index in [1.165, 1.54) is 12.8 Å². The molecule has 2 aromatic rings. The maximum Gasteiger partial charge on any atom is 0.223 e. The highest BCUT2D eigenvalue weighted by atomic mass is 16.6. The largest absolute Gasteiger partial charge is 0.497 e. The van der Waals surface area contributed by atoms with Crippen LogP contribution >= 0.6 is 0 Å². The van der Waals surface area contributed by atoms with Crippen LogP contribution in [0, 0.1) is 0 Å². The summed E-state index contributed by atoms with van der Waals surface area (Å²) in [6, 6.07) is 13.5. The van der Waals surface area contributed by atoms with Crippen LogP contribution in [0.2, 0.25) is 0 Å². The van der Waals surface area contributed by atoms with E-state index in [2.05, 4.69) is 16.3 Å². The summed E-state index contributed by atoms with van der Waals surface area (Å²) < 4.78 is 22.3. The number of rotatable bonds is 10. The van der Waals surface area contributed by atoms with E-state index in [0.29, 0.717) is 32.0 Å². The smallest absolute Gasteiger partial charge is 0.223 e. The Balaban J connectivity index is 1.32. The molecule has 1 N–H and O–H groups in total. The Morgan fingerprint density at radius 2 is 1.84 bits per heavy atom. The lowest BCUT2D eigenvalue weighted by atomic mass is 10.0. The fraction of sp³-hybridized carbons (Fsp3) is 0.480. The molecule has 1 unspecified atom stereocenters. The van der Waals surface area contributed by atoms with E-state index in [4.69, 9.17) is 18.9 Å². The van der Waals surface area contributed by atoms with Gasteiger partial charge in [-0.3, -0.25) is 4.79 Å². The van der Waals surface area contributed by atoms with Gasteiger partial charge in [0.05, 0.1) is 20.1 Å². The van der Waals surface area contributed by atoms with Crippen LogP contribution in [-0.4, -0.2) is 63.4 Å². The minimum atomic E-state index is -0.00497. The number of amides is 1. The molecule has 0 radical (unpaired) electrons. The van der Waals surface area contributed by atoms with Gasteiger partial charge in [-0.05, 0) is 62.2 Å². The van der Waals surface area contributed by atoms with Crippen molar-refractivity contribution in [3.63, 3.8) is 0 Å². The number of nitrogens with zero attached hydrogens (tertiary/aromatic N) is 1. The molecule has 1 atom stereocenters. The van der Waals surface area contributed by atoms with Crippen molar-refractivity contribution in [3.05, 3.63) is 48.0 Å². The molecule has 2 aliphatic heterocycles. The Morgan fingerprint density at radius 3 is 2.66 bits per heavy atom. The van der Waals surface area contributed by atoms with Crippen LogP contribution in [0.3, 0.4) is 0 Å². The number of carbonyl (C=O) groups excluding carboxylic acids is 1. The monoisotopic (exact) mass is 440 g/mol. The Labute approximate surface area is 189 Å². The molecule has 4 rings (SSSR count). The van der Waals surface area contributed by atoms with Crippen molar-refractivity contribution in [2.45, 2.75) is 31.7 Å². The summed E-state index contributed by atoms with van der Waals surface area (Å²) in [6.45, 7) is 4.49. The molecule has 2 heterocycles. The molecule has 1 saturated heterocycles. The SMILES string of the molecule is COc1cccc(OCCC(=O)NC(Cc2ccc3c(c2)OCCO3)CN2CCCC2)c1. The fourth-order valence-corrected chi connectivity index (χ4v) is 4.19. The number of nitrogens with one attached hydrogen (secondary N) is 1. The van der Waals surface area contributed by atoms with E-state index in [-0.39, 0.29) is 11.9 Å². The van der Waals surface area contributed by atoms with Gasteiger partial charge in [0.15, 0.2) is 11.5 Å². The predicted molar refractivity (Wildman–Crippen MR) is 122 cm³/mol. The van der Waals surface area contributed by atoms with Crippen LogP contribution in [-0.2, 0) is 11.2 Å². The predicted octanol–water partition coefficient (Wildman–Crippen LogP) is 3.06. The Morgan fingerprint density at radius 1 is 1.06 bits per heavy atom. The van der Waals surface area contributed by atoms with Crippen molar-refractivity contribution >= 4 is 5.91 Å². The fourth-order valence-electron chi connectivity index (χ4n) is 4.19. The van der Waals surface area contributed by atoms with Crippen molar-refractivity contribution in [1.29, 1.82) is 0 Å². The van der Waals surface area contributed by atoms with Gasteiger partial charge in [-0.15, -0.1) is 0 Å². The van der Waals surface area contributed by atoms with Crippen molar-refractivity contribution in [2.75, 3.05) is 46.6 Å². The highest BCUT2D eigenvalue weighted by Crippen LogP contribution is 2.31. The quantitative estimate of drug-likeness (QED) is 0.613. The van der Waals surface area contributed by atoms with Crippen molar-refractivity contribution in [3.8, 4) is 23.0 Å². The second-order valence-corrected chi connectivity index (χ2v) is 8.23. The summed E-state index contributed by atoms with van der Waals surface area (Å²) in [5.74, 6) is 3.00. The van der Waals surface area contributed by atoms with Gasteiger partial charge in [0.1, 0.15) is 24.7 Å². The van der Waals surface area contributed by atoms with Crippen molar-refractivity contribution < 1.29 is 23.7 Å². The van der Waals surface area contributed by atoms with Gasteiger partial charge in [0, 0.05) is 18.7 Å². The Bertz CT molecular complexity index is 898. The second-order valence-electron chi connectivity index (χ2n) is 8.23. The van der Waals surface area contributed by atoms with Crippen molar-refractivity contribution in [1.82, 2.24) is 10.2 Å². The van der Waals surface area contributed by atoms with Crippen LogP contribution in [0.5, 0.6) is 23.0 Å². The lowest BCUT2D eigenvalue weighted by Crippen LogP contribution is -2.44. The minimum Gasteiger partial charge on any atom is -0.497 e. The lowest BCUT2D eigenvalue weighted by Gasteiger charge is -2.25. The van der Waals surface area contributed by atoms with Crippen LogP contribution in [0.25, 0.3) is 0 Å². The number of methoxy groups -OCH3 is 1. The van der Waals surface area contributed by atoms with Crippen molar-refractivity contribution in [2.24, 2.45) is 0 Å². The van der Waals surface area contributed by atoms with E-state index in [1.54, 1.807) is 7.11 Å². The summed E-state index contributed by atoms with van der Waals surface area (Å²) in [5.41, 5.74) is 1.13. The summed E-state index contributed by atoms with van der Waals surface area (Å²) in [6.07, 6.45) is 3.49. The lowest BCUT2D eigenvalue weighted by molar-refractivity contribution is -0.122. The van der Waals surface area contributed by atoms with Gasteiger partial charge in [-0.2, -0.15) is 0 Å². The zero-order chi connectivity index (χ0) is 22.2. The highest BCUT2D eigenvalue weighted by molar-refractivity contribution is 5.76. The number of fused-ring (bicyclic) bond motifs is 1. The first-order chi connectivity index (χ1) is 15.7. The zero-order valence-corrected chi connectivity index (χ0v) is 18.7. The first-order valence-corrected chi connectivity index (χ1v) is 11.4. The maximum atomic E-state index is 12.7. The third-order valence-electron chi connectivity index (χ3n) is 5.77. The number of ether oxygens (including phenoxy) is 4. The van der Waals surface area contributed by atoms with Gasteiger partial charge in [0.25, 0.3) is 0 Å². The van der Waals surface area contributed by atoms with Crippen LogP contribution in [0.4, 0.5) is 0 Å². The summed E-state index contributed by atoms with van der Waals surface area (Å²) >= 11 is 0. The zero-order valence-electron chi connectivity index (χ0n) is 18.7. The molecule has 172 valence electrons. The average molecular weight is 441 g/mol. The molecule has 2 aliphatic rings. The van der Waals surface area contributed by atoms with E-state index in [1.807, 2.05) is 36.4 Å². The molecule has 1 amide bonds. The number of benzene rings is 2. The average Bonchev–Trinajstić information content (AvgIpc) is 3.32. The molecule has 0 spiro atoms. The normalized spacial score (nSPS) is 16.4. The van der Waals surface area contributed by atoms with E-state index in [9.17, 15) is 4.79 Å². The molecule has 0 saturated carbocycles. The molecule has 7 heteroatoms. The van der Waals surface area contributed by atoms with Gasteiger partial charge >= 0.3 is 0 Å². The molecule has 32 heavy (non-hydrogen) atoms. The van der Waals surface area contributed by atoms with Crippen LogP contribution < -0.4 is 24.3 Å². The number of hydrogen-bond donors (Lipinski definition) is 1. The van der Waals surface area contributed by atoms with Gasteiger partial charge < -0.3 is 29.2 Å². The number of likely N-dealkylation sites (tertiary alicyclic amines) is 1. The second kappa shape index (κ2) is 11.1. The van der Waals surface area contributed by atoms with Gasteiger partial charge in [-0.25, -0.2) is 0 Å². The minimum absolute atomic E-state index is 0.00497. The standard InChI is InChI=1S/C25H32N2O5/c1-29-21-5-4-6-22(17-21)30-12-9-25(28)26-20(18-27-10-2-3-11-27)15-19-7-8-23-24(16-19)32-14-13-31-23/h4-8,16-17,20H,2-3,9-15,18H2,1H3,(H,26,28). The molecular weight excluding hydrogens is 408 g/mol. The summed E-state index contributed by atoms with van der Waals surface area (Å²) in [4.78, 5) is 15.1. The molecule has 0 bridgehead atoms. The Hall–Kier alpha value is -2.93. The molecule has 2 aromatic carbocycles. The summed E-state index contributed by atoms with van der Waals surface area (Å²) in [7, 11) is 1.62. The van der Waals surface area contributed by atoms with Crippen LogP contribution in [0.15, 0.2) is 42.5 Å². The molecule has 0 aliphatic carbocycles. The van der Waals surface area contributed by atoms with Gasteiger partial charge in [-0.1, -0.05) is 12.1 Å². The van der Waals surface area contributed by atoms with E-state index >= 15 is 0 Å². The topological polar surface area (TPSA) is 69.3 Å². The first-order valence-electron chi connectivity index (χ1n) is 11.4. The number of carbonyl (C=O) groups is 1. The third-order valence-corrected chi connectivity index (χ3v) is 5.77. The molecule has 0 aromatic heterocycles. The van der Waals surface area contributed by atoms with E-state index < -0.39 is 0 Å². The van der Waals surface area contributed by atoms with Gasteiger partial charge in [0.2, 0.25) is 5.91 Å². The maximum absolute atomic E-state index is 12.7. The number of hydrogen-bond acceptors (Lipinski definition) is 6. The highest BCUT2D eigenvalue weighted by Gasteiger charge is 2.21. The van der Waals surface area contributed by atoms with E-state index in [0.717, 1.165) is 48.9 Å². The molecular formula is C25H32N2O5.